The minimum absolute atomic E-state index is 0.598. The van der Waals surface area contributed by atoms with Gasteiger partial charge in [0.05, 0.1) is 0 Å². The highest BCUT2D eigenvalue weighted by Crippen LogP contribution is 2.00. The zero-order chi connectivity index (χ0) is 9.52. The molecule has 13 heavy (non-hydrogen) atoms. The molecule has 0 radical (unpaired) electrons. The average Bonchev–Trinajstić information content (AvgIpc) is 2.17. The first-order chi connectivity index (χ1) is 6.33. The fraction of sp³-hybridized carbons (Fsp3) is 0. The molecule has 0 aliphatic carbocycles. The maximum absolute atomic E-state index is 10.7. The number of carbonyl (C=O) groups is 1. The van der Waals surface area contributed by atoms with Crippen molar-refractivity contribution in [3.8, 4) is 0 Å². The van der Waals surface area contributed by atoms with E-state index in [-0.39, 0.29) is 0 Å². The van der Waals surface area contributed by atoms with Crippen LogP contribution in [-0.2, 0) is 9.59 Å². The SMILES string of the molecule is O=C=NC(=O)C=Cc1ccccc1. The topological polar surface area (TPSA) is 46.5 Å². The van der Waals surface area contributed by atoms with E-state index in [9.17, 15) is 9.59 Å². The summed E-state index contributed by atoms with van der Waals surface area (Å²) in [7, 11) is 0. The molecule has 0 spiro atoms. The Kier molecular flexibility index (Phi) is 3.36. The Morgan fingerprint density at radius 1 is 1.31 bits per heavy atom. The van der Waals surface area contributed by atoms with Crippen LogP contribution in [0.5, 0.6) is 0 Å². The summed E-state index contributed by atoms with van der Waals surface area (Å²) in [6.07, 6.45) is 3.99. The first kappa shape index (κ1) is 9.10. The largest absolute Gasteiger partial charge is 0.280 e. The van der Waals surface area contributed by atoms with Gasteiger partial charge in [-0.2, -0.15) is 0 Å². The molecule has 3 nitrogen and oxygen atoms in total. The van der Waals surface area contributed by atoms with Crippen LogP contribution < -0.4 is 0 Å². The van der Waals surface area contributed by atoms with E-state index >= 15 is 0 Å². The van der Waals surface area contributed by atoms with Crippen molar-refractivity contribution in [3.05, 3.63) is 42.0 Å². The number of rotatable bonds is 2. The summed E-state index contributed by atoms with van der Waals surface area (Å²) < 4.78 is 0. The molecule has 0 fully saturated rings. The van der Waals surface area contributed by atoms with Gasteiger partial charge in [-0.1, -0.05) is 30.3 Å². The molecule has 1 amide bonds. The monoisotopic (exact) mass is 173 g/mol. The number of isocyanates is 1. The summed E-state index contributed by atoms with van der Waals surface area (Å²) in [5.74, 6) is -0.598. The van der Waals surface area contributed by atoms with Gasteiger partial charge in [0, 0.05) is 6.08 Å². The first-order valence-electron chi connectivity index (χ1n) is 3.68. The molecule has 1 rings (SSSR count). The van der Waals surface area contributed by atoms with Crippen molar-refractivity contribution in [1.82, 2.24) is 0 Å². The van der Waals surface area contributed by atoms with Crippen molar-refractivity contribution in [3.63, 3.8) is 0 Å². The summed E-state index contributed by atoms with van der Waals surface area (Å²) >= 11 is 0. The third kappa shape index (κ3) is 3.27. The Hall–Kier alpha value is -1.99. The van der Waals surface area contributed by atoms with E-state index in [0.29, 0.717) is 0 Å². The molecule has 0 aliphatic rings. The van der Waals surface area contributed by atoms with Gasteiger partial charge in [-0.05, 0) is 11.6 Å². The van der Waals surface area contributed by atoms with Crippen LogP contribution in [0.1, 0.15) is 5.56 Å². The van der Waals surface area contributed by atoms with Crippen LogP contribution in [-0.4, -0.2) is 12.0 Å². The van der Waals surface area contributed by atoms with Gasteiger partial charge in [-0.3, -0.25) is 4.79 Å². The molecule has 64 valence electrons. The molecule has 0 aromatic heterocycles. The number of aliphatic imine (C=N–C) groups is 1. The van der Waals surface area contributed by atoms with E-state index in [2.05, 4.69) is 4.99 Å². The van der Waals surface area contributed by atoms with Crippen molar-refractivity contribution in [2.45, 2.75) is 0 Å². The lowest BCUT2D eigenvalue weighted by Crippen LogP contribution is -1.83. The van der Waals surface area contributed by atoms with Crippen LogP contribution in [0.3, 0.4) is 0 Å². The van der Waals surface area contributed by atoms with Gasteiger partial charge in [-0.15, -0.1) is 4.99 Å². The molecule has 0 atom stereocenters. The smallest absolute Gasteiger partial charge is 0.267 e. The number of hydrogen-bond donors (Lipinski definition) is 0. The van der Waals surface area contributed by atoms with E-state index < -0.39 is 5.91 Å². The Morgan fingerprint density at radius 3 is 2.62 bits per heavy atom. The molecule has 0 heterocycles. The summed E-state index contributed by atoms with van der Waals surface area (Å²) in [5.41, 5.74) is 0.886. The number of amides is 1. The fourth-order valence-electron chi connectivity index (χ4n) is 0.814. The molecule has 0 unspecified atom stereocenters. The van der Waals surface area contributed by atoms with Crippen molar-refractivity contribution in [2.24, 2.45) is 4.99 Å². The van der Waals surface area contributed by atoms with Crippen LogP contribution in [0.2, 0.25) is 0 Å². The normalized spacial score (nSPS) is 9.54. The molecule has 1 aromatic carbocycles. The Balaban J connectivity index is 2.69. The standard InChI is InChI=1S/C10H7NO2/c12-8-11-10(13)7-6-9-4-2-1-3-5-9/h1-7H. The van der Waals surface area contributed by atoms with Crippen molar-refractivity contribution in [1.29, 1.82) is 0 Å². The average molecular weight is 173 g/mol. The fourth-order valence-corrected chi connectivity index (χ4v) is 0.814. The predicted molar refractivity (Wildman–Crippen MR) is 48.6 cm³/mol. The molecule has 0 aliphatic heterocycles. The quantitative estimate of drug-likeness (QED) is 0.387. The number of carbonyl (C=O) groups excluding carboxylic acids is 2. The summed E-state index contributed by atoms with van der Waals surface area (Å²) in [4.78, 5) is 23.3. The second-order valence-electron chi connectivity index (χ2n) is 2.29. The maximum atomic E-state index is 10.7. The van der Waals surface area contributed by atoms with Gasteiger partial charge in [-0.25, -0.2) is 4.79 Å². The summed E-state index contributed by atoms with van der Waals surface area (Å²) in [6.45, 7) is 0. The Bertz CT molecular complexity index is 362. The highest BCUT2D eigenvalue weighted by atomic mass is 16.2. The van der Waals surface area contributed by atoms with E-state index in [1.807, 2.05) is 30.3 Å². The first-order valence-corrected chi connectivity index (χ1v) is 3.68. The van der Waals surface area contributed by atoms with Crippen LogP contribution in [0.4, 0.5) is 0 Å². The number of hydrogen-bond acceptors (Lipinski definition) is 2. The van der Waals surface area contributed by atoms with Crippen molar-refractivity contribution < 1.29 is 9.59 Å². The van der Waals surface area contributed by atoms with Gasteiger partial charge in [0.15, 0.2) is 0 Å². The van der Waals surface area contributed by atoms with Crippen LogP contribution >= 0.6 is 0 Å². The second-order valence-corrected chi connectivity index (χ2v) is 2.29. The minimum Gasteiger partial charge on any atom is -0.267 e. The van der Waals surface area contributed by atoms with Crippen LogP contribution in [0.15, 0.2) is 41.4 Å². The number of nitrogens with zero attached hydrogens (tertiary/aromatic N) is 1. The van der Waals surface area contributed by atoms with Gasteiger partial charge < -0.3 is 0 Å². The van der Waals surface area contributed by atoms with E-state index in [0.717, 1.165) is 5.56 Å². The lowest BCUT2D eigenvalue weighted by Gasteiger charge is -1.88. The molecule has 0 saturated carbocycles. The highest BCUT2D eigenvalue weighted by molar-refractivity contribution is 5.94. The maximum Gasteiger partial charge on any atom is 0.280 e. The Labute approximate surface area is 75.4 Å². The zero-order valence-electron chi connectivity index (χ0n) is 6.81. The number of benzene rings is 1. The molecule has 1 aromatic rings. The van der Waals surface area contributed by atoms with Crippen LogP contribution in [0.25, 0.3) is 6.08 Å². The van der Waals surface area contributed by atoms with Gasteiger partial charge in [0.1, 0.15) is 0 Å². The third-order valence-electron chi connectivity index (χ3n) is 1.37. The molecule has 0 saturated heterocycles. The zero-order valence-corrected chi connectivity index (χ0v) is 6.81. The van der Waals surface area contributed by atoms with E-state index in [4.69, 9.17) is 0 Å². The van der Waals surface area contributed by atoms with Crippen molar-refractivity contribution in [2.75, 3.05) is 0 Å². The van der Waals surface area contributed by atoms with E-state index in [1.54, 1.807) is 6.08 Å². The summed E-state index contributed by atoms with van der Waals surface area (Å²) in [5, 5.41) is 0. The Morgan fingerprint density at radius 2 is 2.00 bits per heavy atom. The van der Waals surface area contributed by atoms with E-state index in [1.165, 1.54) is 12.2 Å². The highest BCUT2D eigenvalue weighted by Gasteiger charge is 1.89. The lowest BCUT2D eigenvalue weighted by atomic mass is 10.2. The van der Waals surface area contributed by atoms with Gasteiger partial charge >= 0.3 is 0 Å². The molecular weight excluding hydrogens is 166 g/mol. The molecule has 0 N–H and O–H groups in total. The van der Waals surface area contributed by atoms with Gasteiger partial charge in [0.25, 0.3) is 5.91 Å². The minimum atomic E-state index is -0.598. The lowest BCUT2D eigenvalue weighted by molar-refractivity contribution is -0.113. The van der Waals surface area contributed by atoms with Gasteiger partial charge in [0.2, 0.25) is 6.08 Å². The summed E-state index contributed by atoms with van der Waals surface area (Å²) in [6, 6.07) is 9.27. The molecule has 0 bridgehead atoms. The molecule has 3 heteroatoms. The third-order valence-corrected chi connectivity index (χ3v) is 1.37. The van der Waals surface area contributed by atoms with Crippen LogP contribution in [0, 0.1) is 0 Å². The predicted octanol–water partition coefficient (Wildman–Crippen LogP) is 1.56. The second kappa shape index (κ2) is 4.80. The molecular formula is C10H7NO2. The van der Waals surface area contributed by atoms with Crippen molar-refractivity contribution >= 4 is 18.1 Å².